The van der Waals surface area contributed by atoms with Crippen LogP contribution in [0.4, 0.5) is 11.4 Å². The normalized spacial score (nSPS) is 16.1. The van der Waals surface area contributed by atoms with Crippen molar-refractivity contribution in [1.29, 1.82) is 0 Å². The van der Waals surface area contributed by atoms with Crippen molar-refractivity contribution < 1.29 is 23.9 Å². The molecule has 2 amide bonds. The van der Waals surface area contributed by atoms with Crippen LogP contribution in [0.1, 0.15) is 30.6 Å². The highest BCUT2D eigenvalue weighted by Gasteiger charge is 2.38. The number of nitrogens with one attached hydrogen (secondary N) is 1. The number of benzene rings is 3. The van der Waals surface area contributed by atoms with Gasteiger partial charge in [-0.1, -0.05) is 36.0 Å². The van der Waals surface area contributed by atoms with Crippen molar-refractivity contribution >= 4 is 46.1 Å². The van der Waals surface area contributed by atoms with Crippen LogP contribution in [0, 0.1) is 0 Å². The van der Waals surface area contributed by atoms with Gasteiger partial charge in [-0.25, -0.2) is 9.79 Å². The Balaban J connectivity index is 1.39. The lowest BCUT2D eigenvalue weighted by molar-refractivity contribution is -0.128. The average Bonchev–Trinajstić information content (AvgIpc) is 3.18. The molecule has 0 aliphatic carbocycles. The lowest BCUT2D eigenvalue weighted by atomic mass is 10.2. The van der Waals surface area contributed by atoms with E-state index < -0.39 is 11.2 Å². The highest BCUT2D eigenvalue weighted by molar-refractivity contribution is 8.15. The number of hydrogen-bond donors (Lipinski definition) is 1. The van der Waals surface area contributed by atoms with Crippen LogP contribution in [0.3, 0.4) is 0 Å². The molecule has 1 aliphatic heterocycles. The van der Waals surface area contributed by atoms with Gasteiger partial charge in [-0.05, 0) is 62.4 Å². The molecule has 0 aromatic heterocycles. The zero-order valence-electron chi connectivity index (χ0n) is 20.5. The van der Waals surface area contributed by atoms with Crippen LogP contribution < -0.4 is 10.1 Å². The topological polar surface area (TPSA) is 97.3 Å². The number of aliphatic imine (C=N–C) groups is 1. The van der Waals surface area contributed by atoms with Crippen molar-refractivity contribution in [2.24, 2.45) is 4.99 Å². The molecule has 1 saturated heterocycles. The number of hydrogen-bond acceptors (Lipinski definition) is 7. The van der Waals surface area contributed by atoms with E-state index in [0.717, 1.165) is 0 Å². The molecule has 1 atom stereocenters. The Labute approximate surface area is 219 Å². The highest BCUT2D eigenvalue weighted by Crippen LogP contribution is 2.32. The summed E-state index contributed by atoms with van der Waals surface area (Å²) in [6, 6.07) is 23.1. The maximum atomic E-state index is 13.0. The fourth-order valence-electron chi connectivity index (χ4n) is 3.66. The molecular weight excluding hydrogens is 490 g/mol. The summed E-state index contributed by atoms with van der Waals surface area (Å²) in [5, 5.41) is 2.79. The molecule has 3 aromatic carbocycles. The van der Waals surface area contributed by atoms with Crippen molar-refractivity contribution in [3.05, 3.63) is 84.4 Å². The standard InChI is InChI=1S/C28H27N3O5S/c1-3-31-26(33)24(37-28(31)30-20-15-13-19(14-16-20)27(34)35-4-2)18-25(32)29-21-9-8-12-23(17-21)36-22-10-6-5-7-11-22/h5-17,24H,3-4,18H2,1-2H3,(H,29,32). The number of carbonyl (C=O) groups is 3. The number of anilines is 1. The number of para-hydroxylation sites is 1. The van der Waals surface area contributed by atoms with Crippen LogP contribution >= 0.6 is 11.8 Å². The summed E-state index contributed by atoms with van der Waals surface area (Å²) in [7, 11) is 0. The van der Waals surface area contributed by atoms with Crippen LogP contribution in [-0.2, 0) is 14.3 Å². The molecular formula is C28H27N3O5S. The number of rotatable bonds is 9. The molecule has 1 unspecified atom stereocenters. The third-order valence-electron chi connectivity index (χ3n) is 5.41. The number of nitrogens with zero attached hydrogens (tertiary/aromatic N) is 2. The number of thioether (sulfide) groups is 1. The van der Waals surface area contributed by atoms with E-state index in [4.69, 9.17) is 9.47 Å². The van der Waals surface area contributed by atoms with Gasteiger partial charge in [0.05, 0.1) is 17.9 Å². The maximum Gasteiger partial charge on any atom is 0.338 e. The average molecular weight is 518 g/mol. The Morgan fingerprint density at radius 3 is 2.41 bits per heavy atom. The summed E-state index contributed by atoms with van der Waals surface area (Å²) in [5.74, 6) is 0.451. The first-order chi connectivity index (χ1) is 18.0. The van der Waals surface area contributed by atoms with Crippen molar-refractivity contribution in [2.75, 3.05) is 18.5 Å². The van der Waals surface area contributed by atoms with E-state index in [1.165, 1.54) is 11.8 Å². The number of carbonyl (C=O) groups excluding carboxylic acids is 3. The smallest absolute Gasteiger partial charge is 0.338 e. The zero-order chi connectivity index (χ0) is 26.2. The third-order valence-corrected chi connectivity index (χ3v) is 6.58. The first-order valence-electron chi connectivity index (χ1n) is 11.9. The molecule has 0 radical (unpaired) electrons. The van der Waals surface area contributed by atoms with Crippen LogP contribution in [0.2, 0.25) is 0 Å². The maximum absolute atomic E-state index is 13.0. The third kappa shape index (κ3) is 6.77. The molecule has 3 aromatic rings. The number of esters is 1. The summed E-state index contributed by atoms with van der Waals surface area (Å²) < 4.78 is 10.8. The Hall–Kier alpha value is -4.11. The molecule has 0 spiro atoms. The van der Waals surface area contributed by atoms with Gasteiger partial charge in [-0.15, -0.1) is 0 Å². The van der Waals surface area contributed by atoms with E-state index in [1.54, 1.807) is 60.4 Å². The van der Waals surface area contributed by atoms with Gasteiger partial charge in [0.1, 0.15) is 16.7 Å². The minimum absolute atomic E-state index is 0.00455. The van der Waals surface area contributed by atoms with E-state index in [2.05, 4.69) is 10.3 Å². The monoisotopic (exact) mass is 517 g/mol. The second kappa shape index (κ2) is 12.2. The summed E-state index contributed by atoms with van der Waals surface area (Å²) >= 11 is 1.26. The number of ether oxygens (including phenoxy) is 2. The van der Waals surface area contributed by atoms with Gasteiger partial charge in [0.15, 0.2) is 5.17 Å². The molecule has 1 aliphatic rings. The SMILES string of the molecule is CCOC(=O)c1ccc(N=C2SC(CC(=O)Nc3cccc(Oc4ccccc4)c3)C(=O)N2CC)cc1. The molecule has 190 valence electrons. The lowest BCUT2D eigenvalue weighted by Gasteiger charge is -2.13. The van der Waals surface area contributed by atoms with Crippen molar-refractivity contribution in [1.82, 2.24) is 4.90 Å². The number of amidine groups is 1. The molecule has 9 heteroatoms. The van der Waals surface area contributed by atoms with Crippen LogP contribution in [0.25, 0.3) is 0 Å². The van der Waals surface area contributed by atoms with E-state index >= 15 is 0 Å². The molecule has 0 bridgehead atoms. The van der Waals surface area contributed by atoms with Crippen molar-refractivity contribution in [3.8, 4) is 11.5 Å². The highest BCUT2D eigenvalue weighted by atomic mass is 32.2. The molecule has 4 rings (SSSR count). The summed E-state index contributed by atoms with van der Waals surface area (Å²) in [4.78, 5) is 43.7. The van der Waals surface area contributed by atoms with Crippen molar-refractivity contribution in [2.45, 2.75) is 25.5 Å². The first-order valence-corrected chi connectivity index (χ1v) is 12.8. The van der Waals surface area contributed by atoms with E-state index in [-0.39, 0.29) is 18.2 Å². The van der Waals surface area contributed by atoms with E-state index in [0.29, 0.717) is 46.8 Å². The van der Waals surface area contributed by atoms with Gasteiger partial charge in [-0.2, -0.15) is 0 Å². The van der Waals surface area contributed by atoms with Gasteiger partial charge in [-0.3, -0.25) is 14.5 Å². The van der Waals surface area contributed by atoms with Gasteiger partial charge in [0.25, 0.3) is 0 Å². The molecule has 37 heavy (non-hydrogen) atoms. The van der Waals surface area contributed by atoms with Crippen LogP contribution in [0.15, 0.2) is 83.9 Å². The first kappa shape index (κ1) is 26.0. The van der Waals surface area contributed by atoms with Gasteiger partial charge >= 0.3 is 5.97 Å². The quantitative estimate of drug-likeness (QED) is 0.369. The minimum Gasteiger partial charge on any atom is -0.462 e. The van der Waals surface area contributed by atoms with E-state index in [1.807, 2.05) is 37.3 Å². The van der Waals surface area contributed by atoms with Crippen molar-refractivity contribution in [3.63, 3.8) is 0 Å². The Bertz CT molecular complexity index is 1290. The molecule has 0 saturated carbocycles. The fourth-order valence-corrected chi connectivity index (χ4v) is 4.88. The minimum atomic E-state index is -0.582. The lowest BCUT2D eigenvalue weighted by Crippen LogP contribution is -2.33. The zero-order valence-corrected chi connectivity index (χ0v) is 21.4. The van der Waals surface area contributed by atoms with E-state index in [9.17, 15) is 14.4 Å². The second-order valence-corrected chi connectivity index (χ2v) is 9.22. The summed E-state index contributed by atoms with van der Waals surface area (Å²) in [6.07, 6.45) is 0.00455. The molecule has 1 heterocycles. The predicted molar refractivity (Wildman–Crippen MR) is 144 cm³/mol. The largest absolute Gasteiger partial charge is 0.462 e. The summed E-state index contributed by atoms with van der Waals surface area (Å²) in [5.41, 5.74) is 1.61. The molecule has 8 nitrogen and oxygen atoms in total. The number of amides is 2. The van der Waals surface area contributed by atoms with Crippen LogP contribution in [0.5, 0.6) is 11.5 Å². The Morgan fingerprint density at radius 1 is 0.973 bits per heavy atom. The van der Waals surface area contributed by atoms with Gasteiger partial charge in [0.2, 0.25) is 11.8 Å². The van der Waals surface area contributed by atoms with Gasteiger partial charge < -0.3 is 14.8 Å². The Morgan fingerprint density at radius 2 is 1.70 bits per heavy atom. The molecule has 1 N–H and O–H groups in total. The molecule has 1 fully saturated rings. The Kier molecular flexibility index (Phi) is 8.58. The predicted octanol–water partition coefficient (Wildman–Crippen LogP) is 5.64. The fraction of sp³-hybridized carbons (Fsp3) is 0.214. The van der Waals surface area contributed by atoms with Gasteiger partial charge in [0, 0.05) is 24.7 Å². The second-order valence-electron chi connectivity index (χ2n) is 8.05. The van der Waals surface area contributed by atoms with Crippen LogP contribution in [-0.4, -0.2) is 46.3 Å². The summed E-state index contributed by atoms with van der Waals surface area (Å²) in [6.45, 7) is 4.34.